The highest BCUT2D eigenvalue weighted by atomic mass is 15.1. The number of nitrogens with zero attached hydrogens (tertiary/aromatic N) is 1. The molecule has 2 N–H and O–H groups in total. The molecule has 0 bridgehead atoms. The Morgan fingerprint density at radius 2 is 2.08 bits per heavy atom. The van der Waals surface area contributed by atoms with Crippen LogP contribution in [0.1, 0.15) is 19.3 Å². The van der Waals surface area contributed by atoms with Gasteiger partial charge in [0.2, 0.25) is 0 Å². The van der Waals surface area contributed by atoms with Gasteiger partial charge in [0.25, 0.3) is 0 Å². The van der Waals surface area contributed by atoms with Gasteiger partial charge in [-0.1, -0.05) is 6.08 Å². The minimum absolute atomic E-state index is 0.782. The van der Waals surface area contributed by atoms with Crippen molar-refractivity contribution in [2.75, 3.05) is 26.2 Å². The third-order valence-corrected chi connectivity index (χ3v) is 2.69. The van der Waals surface area contributed by atoms with E-state index >= 15 is 0 Å². The summed E-state index contributed by atoms with van der Waals surface area (Å²) in [6.45, 7) is 8.24. The second kappa shape index (κ2) is 5.33. The summed E-state index contributed by atoms with van der Waals surface area (Å²) in [4.78, 5) is 2.51. The van der Waals surface area contributed by atoms with Crippen LogP contribution >= 0.6 is 0 Å². The van der Waals surface area contributed by atoms with Crippen LogP contribution in [0, 0.1) is 5.92 Å². The van der Waals surface area contributed by atoms with E-state index in [4.69, 9.17) is 5.73 Å². The van der Waals surface area contributed by atoms with E-state index in [9.17, 15) is 0 Å². The van der Waals surface area contributed by atoms with Gasteiger partial charge in [0, 0.05) is 6.54 Å². The maximum atomic E-state index is 5.61. The van der Waals surface area contributed by atoms with Gasteiger partial charge in [0.05, 0.1) is 0 Å². The van der Waals surface area contributed by atoms with Gasteiger partial charge in [-0.2, -0.15) is 0 Å². The number of hydrogen-bond acceptors (Lipinski definition) is 2. The van der Waals surface area contributed by atoms with Crippen molar-refractivity contribution in [2.24, 2.45) is 11.7 Å². The maximum Gasteiger partial charge on any atom is 0.00158 e. The van der Waals surface area contributed by atoms with E-state index in [0.29, 0.717) is 0 Å². The van der Waals surface area contributed by atoms with E-state index in [0.717, 1.165) is 18.9 Å². The molecule has 0 atom stereocenters. The van der Waals surface area contributed by atoms with Crippen molar-refractivity contribution in [1.82, 2.24) is 4.90 Å². The Balaban J connectivity index is 2.12. The normalized spacial score (nSPS) is 21.1. The number of likely N-dealkylation sites (tertiary alicyclic amines) is 1. The van der Waals surface area contributed by atoms with Crippen molar-refractivity contribution >= 4 is 0 Å². The predicted octanol–water partition coefficient (Wildman–Crippen LogP) is 1.23. The fraction of sp³-hybridized carbons (Fsp3) is 0.800. The number of rotatable bonds is 4. The van der Waals surface area contributed by atoms with Crippen LogP contribution in [-0.2, 0) is 0 Å². The summed E-state index contributed by atoms with van der Waals surface area (Å²) in [5.41, 5.74) is 5.61. The fourth-order valence-corrected chi connectivity index (χ4v) is 1.72. The van der Waals surface area contributed by atoms with Gasteiger partial charge < -0.3 is 10.6 Å². The molecule has 1 heterocycles. The average molecular weight is 168 g/mol. The molecule has 0 saturated carbocycles. The van der Waals surface area contributed by atoms with Gasteiger partial charge >= 0.3 is 0 Å². The third-order valence-electron chi connectivity index (χ3n) is 2.69. The topological polar surface area (TPSA) is 29.3 Å². The first-order valence-corrected chi connectivity index (χ1v) is 4.90. The van der Waals surface area contributed by atoms with Crippen molar-refractivity contribution in [3.63, 3.8) is 0 Å². The van der Waals surface area contributed by atoms with E-state index in [1.165, 1.54) is 32.5 Å². The lowest BCUT2D eigenvalue weighted by Gasteiger charge is -2.30. The fourth-order valence-electron chi connectivity index (χ4n) is 1.72. The molecule has 0 amide bonds. The van der Waals surface area contributed by atoms with E-state index in [2.05, 4.69) is 11.5 Å². The Morgan fingerprint density at radius 1 is 1.42 bits per heavy atom. The second-order valence-corrected chi connectivity index (χ2v) is 3.60. The summed E-state index contributed by atoms with van der Waals surface area (Å²) in [6, 6.07) is 0. The summed E-state index contributed by atoms with van der Waals surface area (Å²) >= 11 is 0. The molecule has 2 heteroatoms. The van der Waals surface area contributed by atoms with Gasteiger partial charge in [0.1, 0.15) is 0 Å². The highest BCUT2D eigenvalue weighted by Crippen LogP contribution is 2.15. The molecular formula is C10H20N2. The Bertz CT molecular complexity index is 126. The molecule has 1 rings (SSSR count). The predicted molar refractivity (Wildman–Crippen MR) is 53.0 cm³/mol. The van der Waals surface area contributed by atoms with Crippen LogP contribution in [0.25, 0.3) is 0 Å². The minimum Gasteiger partial charge on any atom is -0.330 e. The second-order valence-electron chi connectivity index (χ2n) is 3.60. The Kier molecular flexibility index (Phi) is 4.33. The SMILES string of the molecule is C=CCCN1CCC(CN)CC1. The van der Waals surface area contributed by atoms with Crippen LogP contribution in [0.3, 0.4) is 0 Å². The highest BCUT2D eigenvalue weighted by Gasteiger charge is 2.16. The molecule has 1 aliphatic rings. The molecule has 0 aliphatic carbocycles. The number of nitrogens with two attached hydrogens (primary N) is 1. The van der Waals surface area contributed by atoms with Crippen molar-refractivity contribution in [3.05, 3.63) is 12.7 Å². The minimum atomic E-state index is 0.782. The standard InChI is InChI=1S/C10H20N2/c1-2-3-6-12-7-4-10(9-11)5-8-12/h2,10H,1,3-9,11H2. The van der Waals surface area contributed by atoms with Crippen molar-refractivity contribution < 1.29 is 0 Å². The largest absolute Gasteiger partial charge is 0.330 e. The lowest BCUT2D eigenvalue weighted by atomic mass is 9.97. The summed E-state index contributed by atoms with van der Waals surface area (Å²) in [5, 5.41) is 0. The van der Waals surface area contributed by atoms with Crippen LogP contribution in [0.5, 0.6) is 0 Å². The first kappa shape index (κ1) is 9.75. The van der Waals surface area contributed by atoms with Gasteiger partial charge in [0.15, 0.2) is 0 Å². The van der Waals surface area contributed by atoms with Gasteiger partial charge in [-0.05, 0) is 44.8 Å². The van der Waals surface area contributed by atoms with Crippen LogP contribution in [0.15, 0.2) is 12.7 Å². The highest BCUT2D eigenvalue weighted by molar-refractivity contribution is 4.75. The zero-order valence-corrected chi connectivity index (χ0v) is 7.84. The molecule has 0 unspecified atom stereocenters. The molecule has 70 valence electrons. The van der Waals surface area contributed by atoms with Crippen LogP contribution < -0.4 is 5.73 Å². The summed E-state index contributed by atoms with van der Waals surface area (Å²) in [6.07, 6.45) is 5.68. The van der Waals surface area contributed by atoms with Crippen molar-refractivity contribution in [1.29, 1.82) is 0 Å². The van der Waals surface area contributed by atoms with Crippen molar-refractivity contribution in [3.8, 4) is 0 Å². The molecule has 2 nitrogen and oxygen atoms in total. The molecule has 0 spiro atoms. The van der Waals surface area contributed by atoms with E-state index in [-0.39, 0.29) is 0 Å². The Morgan fingerprint density at radius 3 is 2.58 bits per heavy atom. The number of hydrogen-bond donors (Lipinski definition) is 1. The van der Waals surface area contributed by atoms with Crippen LogP contribution in [0.4, 0.5) is 0 Å². The molecule has 1 aliphatic heterocycles. The zero-order valence-electron chi connectivity index (χ0n) is 7.84. The monoisotopic (exact) mass is 168 g/mol. The number of piperidine rings is 1. The molecule has 0 radical (unpaired) electrons. The molecule has 12 heavy (non-hydrogen) atoms. The van der Waals surface area contributed by atoms with Gasteiger partial charge in [-0.3, -0.25) is 0 Å². The summed E-state index contributed by atoms with van der Waals surface area (Å²) in [7, 11) is 0. The summed E-state index contributed by atoms with van der Waals surface area (Å²) < 4.78 is 0. The molecule has 0 aromatic heterocycles. The zero-order chi connectivity index (χ0) is 8.81. The lowest BCUT2D eigenvalue weighted by molar-refractivity contribution is 0.190. The third kappa shape index (κ3) is 2.95. The average Bonchev–Trinajstić information content (AvgIpc) is 2.15. The van der Waals surface area contributed by atoms with Crippen molar-refractivity contribution in [2.45, 2.75) is 19.3 Å². The first-order chi connectivity index (χ1) is 5.86. The quantitative estimate of drug-likeness (QED) is 0.640. The van der Waals surface area contributed by atoms with Crippen LogP contribution in [-0.4, -0.2) is 31.1 Å². The molecule has 1 fully saturated rings. The molecular weight excluding hydrogens is 148 g/mol. The summed E-state index contributed by atoms with van der Waals surface area (Å²) in [5.74, 6) is 0.782. The van der Waals surface area contributed by atoms with E-state index < -0.39 is 0 Å². The van der Waals surface area contributed by atoms with Gasteiger partial charge in [-0.15, -0.1) is 6.58 Å². The molecule has 0 aromatic carbocycles. The first-order valence-electron chi connectivity index (χ1n) is 4.90. The Labute approximate surface area is 75.4 Å². The molecule has 1 saturated heterocycles. The van der Waals surface area contributed by atoms with E-state index in [1.807, 2.05) is 6.08 Å². The maximum absolute atomic E-state index is 5.61. The van der Waals surface area contributed by atoms with E-state index in [1.54, 1.807) is 0 Å². The van der Waals surface area contributed by atoms with Gasteiger partial charge in [-0.25, -0.2) is 0 Å². The lowest BCUT2D eigenvalue weighted by Crippen LogP contribution is -2.36. The van der Waals surface area contributed by atoms with Crippen LogP contribution in [0.2, 0.25) is 0 Å². The molecule has 0 aromatic rings. The smallest absolute Gasteiger partial charge is 0.00158 e. The Hall–Kier alpha value is -0.340.